The van der Waals surface area contributed by atoms with Crippen molar-refractivity contribution < 1.29 is 19.8 Å². The molecule has 1 unspecified atom stereocenters. The molecule has 0 saturated heterocycles. The average molecular weight is 359 g/mol. The fourth-order valence-electron chi connectivity index (χ4n) is 2.79. The number of benzene rings is 2. The molecule has 0 fully saturated rings. The number of fused-ring (bicyclic) bond motifs is 3. The van der Waals surface area contributed by atoms with Crippen molar-refractivity contribution in [1.29, 1.82) is 0 Å². The fraction of sp³-hybridized carbons (Fsp3) is 0.263. The topological polar surface area (TPSA) is 101 Å². The Morgan fingerprint density at radius 1 is 1.04 bits per heavy atom. The van der Waals surface area contributed by atoms with Crippen molar-refractivity contribution in [2.45, 2.75) is 18.4 Å². The quantitative estimate of drug-likeness (QED) is 0.759. The largest absolute Gasteiger partial charge is 0.481 e. The predicted molar refractivity (Wildman–Crippen MR) is 100.0 cm³/mol. The molecule has 4 N–H and O–H groups in total. The minimum atomic E-state index is -0.913. The van der Waals surface area contributed by atoms with E-state index in [1.165, 1.54) is 0 Å². The SMILES string of the molecule is CSCCC(N)C(=O)O.O=C(O)C1c2ccccc2-c2ccccc21. The number of aliphatic carboxylic acids is 2. The summed E-state index contributed by atoms with van der Waals surface area (Å²) in [5.41, 5.74) is 9.08. The fourth-order valence-corrected chi connectivity index (χ4v) is 3.28. The Morgan fingerprint density at radius 3 is 1.92 bits per heavy atom. The lowest BCUT2D eigenvalue weighted by atomic mass is 9.97. The third kappa shape index (κ3) is 4.41. The van der Waals surface area contributed by atoms with Crippen molar-refractivity contribution in [2.24, 2.45) is 5.73 Å². The van der Waals surface area contributed by atoms with Crippen LogP contribution in [-0.4, -0.2) is 40.2 Å². The molecular formula is C19H21NO4S. The number of carboxylic acid groups (broad SMARTS) is 2. The predicted octanol–water partition coefficient (Wildman–Crippen LogP) is 3.03. The minimum Gasteiger partial charge on any atom is -0.481 e. The maximum absolute atomic E-state index is 11.3. The van der Waals surface area contributed by atoms with Gasteiger partial charge in [0.2, 0.25) is 0 Å². The van der Waals surface area contributed by atoms with Gasteiger partial charge in [0.15, 0.2) is 0 Å². The van der Waals surface area contributed by atoms with Crippen LogP contribution in [0.5, 0.6) is 0 Å². The van der Waals surface area contributed by atoms with Gasteiger partial charge in [-0.25, -0.2) is 0 Å². The van der Waals surface area contributed by atoms with Crippen LogP contribution in [0.2, 0.25) is 0 Å². The third-order valence-corrected chi connectivity index (χ3v) is 4.67. The van der Waals surface area contributed by atoms with Gasteiger partial charge in [0.05, 0.1) is 0 Å². The number of hydrogen-bond acceptors (Lipinski definition) is 4. The zero-order chi connectivity index (χ0) is 18.4. The highest BCUT2D eigenvalue weighted by Gasteiger charge is 2.32. The monoisotopic (exact) mass is 359 g/mol. The van der Waals surface area contributed by atoms with E-state index in [4.69, 9.17) is 10.8 Å². The van der Waals surface area contributed by atoms with E-state index in [1.807, 2.05) is 54.8 Å². The van der Waals surface area contributed by atoms with Crippen molar-refractivity contribution in [2.75, 3.05) is 12.0 Å². The van der Waals surface area contributed by atoms with Crippen molar-refractivity contribution in [3.8, 4) is 11.1 Å². The molecule has 1 aliphatic carbocycles. The maximum Gasteiger partial charge on any atom is 0.320 e. The molecule has 2 aromatic rings. The van der Waals surface area contributed by atoms with E-state index in [0.29, 0.717) is 6.42 Å². The van der Waals surface area contributed by atoms with Crippen molar-refractivity contribution in [3.63, 3.8) is 0 Å². The molecule has 2 aromatic carbocycles. The Kier molecular flexibility index (Phi) is 6.61. The third-order valence-electron chi connectivity index (χ3n) is 4.03. The number of hydrogen-bond donors (Lipinski definition) is 3. The molecule has 0 radical (unpaired) electrons. The lowest BCUT2D eigenvalue weighted by Crippen LogP contribution is -2.30. The standard InChI is InChI=1S/C14H10O2.C5H11NO2S/c15-14(16)13-11-7-3-1-5-9(11)10-6-2-4-8-12(10)13;1-9-3-2-4(6)5(7)8/h1-8,13H,(H,15,16);4H,2-3,6H2,1H3,(H,7,8). The van der Waals surface area contributed by atoms with Crippen molar-refractivity contribution >= 4 is 23.7 Å². The van der Waals surface area contributed by atoms with Crippen molar-refractivity contribution in [3.05, 3.63) is 59.7 Å². The first kappa shape index (κ1) is 19.0. The van der Waals surface area contributed by atoms with Gasteiger partial charge in [-0.05, 0) is 40.7 Å². The van der Waals surface area contributed by atoms with Gasteiger partial charge in [0.25, 0.3) is 0 Å². The number of carbonyl (C=O) groups is 2. The van der Waals surface area contributed by atoms with E-state index < -0.39 is 23.9 Å². The summed E-state index contributed by atoms with van der Waals surface area (Å²) in [4.78, 5) is 21.4. The van der Waals surface area contributed by atoms with E-state index in [-0.39, 0.29) is 0 Å². The van der Waals surface area contributed by atoms with Crippen LogP contribution in [0.25, 0.3) is 11.1 Å². The van der Waals surface area contributed by atoms with Gasteiger partial charge >= 0.3 is 11.9 Å². The van der Waals surface area contributed by atoms with E-state index in [2.05, 4.69) is 0 Å². The van der Waals surface area contributed by atoms with Crippen molar-refractivity contribution in [1.82, 2.24) is 0 Å². The molecule has 5 nitrogen and oxygen atoms in total. The summed E-state index contributed by atoms with van der Waals surface area (Å²) < 4.78 is 0. The zero-order valence-electron chi connectivity index (χ0n) is 13.9. The number of nitrogens with two attached hydrogens (primary N) is 1. The van der Waals surface area contributed by atoms with Crippen LogP contribution in [0.1, 0.15) is 23.5 Å². The zero-order valence-corrected chi connectivity index (χ0v) is 14.7. The smallest absolute Gasteiger partial charge is 0.320 e. The summed E-state index contributed by atoms with van der Waals surface area (Å²) in [6.07, 6.45) is 2.48. The van der Waals surface area contributed by atoms with Gasteiger partial charge in [-0.3, -0.25) is 9.59 Å². The molecule has 0 saturated carbocycles. The highest BCUT2D eigenvalue weighted by molar-refractivity contribution is 7.98. The van der Waals surface area contributed by atoms with E-state index in [1.54, 1.807) is 11.8 Å². The Labute approximate surface area is 150 Å². The molecule has 0 amide bonds. The lowest BCUT2D eigenvalue weighted by molar-refractivity contribution is -0.139. The van der Waals surface area contributed by atoms with Crippen LogP contribution >= 0.6 is 11.8 Å². The Bertz CT molecular complexity index is 717. The second kappa shape index (κ2) is 8.69. The molecule has 1 aliphatic rings. The second-order valence-electron chi connectivity index (χ2n) is 5.67. The normalized spacial score (nSPS) is 13.2. The minimum absolute atomic E-state index is 0.507. The molecule has 0 spiro atoms. The Balaban J connectivity index is 0.000000217. The van der Waals surface area contributed by atoms with Gasteiger partial charge in [0, 0.05) is 0 Å². The first-order chi connectivity index (χ1) is 12.0. The van der Waals surface area contributed by atoms with Crippen LogP contribution < -0.4 is 5.73 Å². The molecular weight excluding hydrogens is 338 g/mol. The van der Waals surface area contributed by atoms with Gasteiger partial charge in [-0.1, -0.05) is 48.5 Å². The van der Waals surface area contributed by atoms with E-state index >= 15 is 0 Å². The molecule has 6 heteroatoms. The van der Waals surface area contributed by atoms with Crippen LogP contribution in [0.4, 0.5) is 0 Å². The second-order valence-corrected chi connectivity index (χ2v) is 6.66. The average Bonchev–Trinajstić information content (AvgIpc) is 2.94. The summed E-state index contributed by atoms with van der Waals surface area (Å²) in [6.45, 7) is 0. The van der Waals surface area contributed by atoms with Gasteiger partial charge in [-0.15, -0.1) is 0 Å². The van der Waals surface area contributed by atoms with E-state index in [9.17, 15) is 14.7 Å². The summed E-state index contributed by atoms with van der Waals surface area (Å²) in [5.74, 6) is -1.39. The van der Waals surface area contributed by atoms with Gasteiger partial charge in [-0.2, -0.15) is 11.8 Å². The summed E-state index contributed by atoms with van der Waals surface area (Å²) in [5, 5.41) is 17.6. The van der Waals surface area contributed by atoms with Gasteiger partial charge in [0.1, 0.15) is 12.0 Å². The summed E-state index contributed by atoms with van der Waals surface area (Å²) >= 11 is 1.60. The molecule has 0 heterocycles. The Morgan fingerprint density at radius 2 is 1.52 bits per heavy atom. The molecule has 132 valence electrons. The maximum atomic E-state index is 11.3. The first-order valence-corrected chi connectivity index (χ1v) is 9.25. The van der Waals surface area contributed by atoms with Crippen LogP contribution in [0, 0.1) is 0 Å². The molecule has 0 aromatic heterocycles. The molecule has 0 bridgehead atoms. The van der Waals surface area contributed by atoms with Gasteiger partial charge < -0.3 is 15.9 Å². The highest BCUT2D eigenvalue weighted by atomic mass is 32.2. The summed E-state index contributed by atoms with van der Waals surface area (Å²) in [7, 11) is 0. The molecule has 0 aliphatic heterocycles. The first-order valence-electron chi connectivity index (χ1n) is 7.85. The number of thioether (sulfide) groups is 1. The molecule has 3 rings (SSSR count). The number of carboxylic acids is 2. The summed E-state index contributed by atoms with van der Waals surface area (Å²) in [6, 6.07) is 14.7. The lowest BCUT2D eigenvalue weighted by Gasteiger charge is -2.06. The Hall–Kier alpha value is -2.31. The van der Waals surface area contributed by atoms with E-state index in [0.717, 1.165) is 28.0 Å². The molecule has 1 atom stereocenters. The number of rotatable bonds is 5. The molecule has 25 heavy (non-hydrogen) atoms. The van der Waals surface area contributed by atoms with Crippen LogP contribution in [0.3, 0.4) is 0 Å². The van der Waals surface area contributed by atoms with Crippen LogP contribution in [0.15, 0.2) is 48.5 Å². The highest BCUT2D eigenvalue weighted by Crippen LogP contribution is 2.44. The van der Waals surface area contributed by atoms with Crippen LogP contribution in [-0.2, 0) is 9.59 Å².